The van der Waals surface area contributed by atoms with E-state index in [-0.39, 0.29) is 34.0 Å². The molecule has 0 aliphatic rings. The van der Waals surface area contributed by atoms with Gasteiger partial charge in [-0.15, -0.1) is 0 Å². The van der Waals surface area contributed by atoms with Crippen molar-refractivity contribution >= 4 is 55.9 Å². The first-order valence-corrected chi connectivity index (χ1v) is 16.6. The monoisotopic (exact) mass is 724 g/mol. The van der Waals surface area contributed by atoms with Crippen LogP contribution in [0.3, 0.4) is 0 Å². The maximum Gasteiger partial charge on any atom is 0.339 e. The number of carbonyl (C=O) groups excluding carboxylic acids is 2. The Morgan fingerprint density at radius 2 is 0.960 bits per heavy atom. The van der Waals surface area contributed by atoms with Gasteiger partial charge in [0.2, 0.25) is 0 Å². The molecule has 0 spiro atoms. The van der Waals surface area contributed by atoms with Gasteiger partial charge in [0.1, 0.15) is 21.3 Å². The molecule has 4 rings (SSSR count). The molecule has 258 valence electrons. The number of benzene rings is 4. The zero-order chi connectivity index (χ0) is 36.6. The molecule has 0 heterocycles. The van der Waals surface area contributed by atoms with Crippen molar-refractivity contribution in [3.8, 4) is 11.5 Å². The number of aryl methyl sites for hydroxylation is 2. The number of nitro benzene ring substituents is 2. The quantitative estimate of drug-likeness (QED) is 0.0702. The zero-order valence-corrected chi connectivity index (χ0v) is 27.4. The minimum atomic E-state index is -4.38. The van der Waals surface area contributed by atoms with Gasteiger partial charge in [-0.1, -0.05) is 12.1 Å². The SMILES string of the molecule is Cc1ccc(S(=O)(=O)Oc2ccc(C=NNC(=O)C(=O)NN=Cc3ccc(OS(=O)(=O)c4ccc(C)c([N+](=O)[O-])c4)cc3)cc2)cc1[N+](=O)[O-]. The number of carbonyl (C=O) groups is 2. The first-order chi connectivity index (χ1) is 23.6. The van der Waals surface area contributed by atoms with Crippen molar-refractivity contribution in [2.75, 3.05) is 0 Å². The molecule has 0 bridgehead atoms. The average molecular weight is 725 g/mol. The fourth-order valence-corrected chi connectivity index (χ4v) is 5.79. The number of amides is 2. The van der Waals surface area contributed by atoms with Crippen LogP contribution in [0, 0.1) is 34.1 Å². The van der Waals surface area contributed by atoms with E-state index in [9.17, 15) is 46.7 Å². The third-order valence-corrected chi connectivity index (χ3v) is 8.96. The van der Waals surface area contributed by atoms with E-state index in [1.807, 2.05) is 10.9 Å². The smallest absolute Gasteiger partial charge is 0.339 e. The molecule has 20 heteroatoms. The number of rotatable bonds is 12. The molecular formula is C30H24N6O12S2. The van der Waals surface area contributed by atoms with Crippen molar-refractivity contribution < 1.29 is 44.6 Å². The van der Waals surface area contributed by atoms with E-state index >= 15 is 0 Å². The minimum Gasteiger partial charge on any atom is -0.379 e. The Kier molecular flexibility index (Phi) is 11.0. The lowest BCUT2D eigenvalue weighted by Gasteiger charge is -2.08. The molecule has 50 heavy (non-hydrogen) atoms. The van der Waals surface area contributed by atoms with Crippen LogP contribution in [0.25, 0.3) is 0 Å². The maximum atomic E-state index is 12.6. The molecule has 0 aliphatic heterocycles. The molecule has 0 fully saturated rings. The fourth-order valence-electron chi connectivity index (χ4n) is 3.88. The van der Waals surface area contributed by atoms with Crippen LogP contribution in [0.4, 0.5) is 11.4 Å². The fraction of sp³-hybridized carbons (Fsp3) is 0.0667. The third-order valence-electron chi connectivity index (χ3n) is 6.47. The Labute approximate surface area is 283 Å². The molecule has 18 nitrogen and oxygen atoms in total. The van der Waals surface area contributed by atoms with Crippen molar-refractivity contribution in [2.24, 2.45) is 10.2 Å². The molecule has 2 N–H and O–H groups in total. The molecule has 2 amide bonds. The Balaban J connectivity index is 1.26. The standard InChI is InChI=1S/C30H24N6O12S2/c1-19-3-13-25(15-27(19)35(39)40)49(43,44)47-23-9-5-21(6-10-23)17-31-33-29(37)30(38)34-32-18-22-7-11-24(12-8-22)48-50(45,46)26-14-4-20(2)28(16-26)36(41)42/h3-18H,1-2H3,(H,33,37)(H,34,38). The number of nitrogens with one attached hydrogen (secondary N) is 2. The lowest BCUT2D eigenvalue weighted by atomic mass is 10.2. The summed E-state index contributed by atoms with van der Waals surface area (Å²) in [5, 5.41) is 29.5. The predicted octanol–water partition coefficient (Wildman–Crippen LogP) is 3.26. The largest absolute Gasteiger partial charge is 0.379 e. The van der Waals surface area contributed by atoms with Gasteiger partial charge in [-0.25, -0.2) is 10.9 Å². The van der Waals surface area contributed by atoms with Gasteiger partial charge >= 0.3 is 32.1 Å². The van der Waals surface area contributed by atoms with Crippen LogP contribution in [0.15, 0.2) is 105 Å². The normalized spacial score (nSPS) is 11.6. The van der Waals surface area contributed by atoms with E-state index in [2.05, 4.69) is 10.2 Å². The number of nitro groups is 2. The summed E-state index contributed by atoms with van der Waals surface area (Å²) in [5.74, 6) is -2.56. The topological polar surface area (TPSA) is 256 Å². The van der Waals surface area contributed by atoms with Crippen LogP contribution >= 0.6 is 0 Å². The Hall–Kier alpha value is -6.54. The Morgan fingerprint density at radius 1 is 0.620 bits per heavy atom. The number of hydrogen-bond acceptors (Lipinski definition) is 14. The highest BCUT2D eigenvalue weighted by atomic mass is 32.2. The second kappa shape index (κ2) is 15.1. The summed E-state index contributed by atoms with van der Waals surface area (Å²) in [6.07, 6.45) is 2.31. The van der Waals surface area contributed by atoms with E-state index in [0.717, 1.165) is 24.6 Å². The van der Waals surface area contributed by atoms with Crippen molar-refractivity contribution in [3.63, 3.8) is 0 Å². The predicted molar refractivity (Wildman–Crippen MR) is 176 cm³/mol. The molecule has 0 saturated heterocycles. The van der Waals surface area contributed by atoms with E-state index in [0.29, 0.717) is 11.1 Å². The highest BCUT2D eigenvalue weighted by Crippen LogP contribution is 2.26. The van der Waals surface area contributed by atoms with Gasteiger partial charge in [0, 0.05) is 23.3 Å². The van der Waals surface area contributed by atoms with Gasteiger partial charge in [-0.3, -0.25) is 29.8 Å². The van der Waals surface area contributed by atoms with Crippen molar-refractivity contribution in [2.45, 2.75) is 23.6 Å². The van der Waals surface area contributed by atoms with Gasteiger partial charge in [0.05, 0.1) is 22.3 Å². The second-order valence-electron chi connectivity index (χ2n) is 10.0. The number of hydrogen-bond donors (Lipinski definition) is 2. The van der Waals surface area contributed by atoms with Crippen molar-refractivity contribution in [3.05, 3.63) is 127 Å². The summed E-state index contributed by atoms with van der Waals surface area (Å²) in [6, 6.07) is 17.4. The first-order valence-electron chi connectivity index (χ1n) is 13.8. The molecular weight excluding hydrogens is 700 g/mol. The van der Waals surface area contributed by atoms with Crippen LogP contribution in [-0.4, -0.2) is 50.9 Å². The van der Waals surface area contributed by atoms with E-state index < -0.39 is 51.7 Å². The average Bonchev–Trinajstić information content (AvgIpc) is 3.06. The van der Waals surface area contributed by atoms with Crippen molar-refractivity contribution in [1.29, 1.82) is 0 Å². The van der Waals surface area contributed by atoms with Crippen LogP contribution in [-0.2, 0) is 29.8 Å². The van der Waals surface area contributed by atoms with Crippen molar-refractivity contribution in [1.82, 2.24) is 10.9 Å². The summed E-state index contributed by atoms with van der Waals surface area (Å²) in [5.41, 5.74) is 4.51. The van der Waals surface area contributed by atoms with Gasteiger partial charge in [-0.05, 0) is 85.6 Å². The van der Waals surface area contributed by atoms with Gasteiger partial charge in [0.15, 0.2) is 0 Å². The van der Waals surface area contributed by atoms with Gasteiger partial charge in [0.25, 0.3) is 11.4 Å². The highest BCUT2D eigenvalue weighted by molar-refractivity contribution is 7.87. The highest BCUT2D eigenvalue weighted by Gasteiger charge is 2.23. The van der Waals surface area contributed by atoms with Crippen LogP contribution < -0.4 is 19.2 Å². The zero-order valence-electron chi connectivity index (χ0n) is 25.7. The Bertz CT molecular complexity index is 2100. The van der Waals surface area contributed by atoms with Crippen LogP contribution in [0.1, 0.15) is 22.3 Å². The van der Waals surface area contributed by atoms with Crippen LogP contribution in [0.5, 0.6) is 11.5 Å². The summed E-state index contributed by atoms with van der Waals surface area (Å²) >= 11 is 0. The summed E-state index contributed by atoms with van der Waals surface area (Å²) in [7, 11) is -8.76. The lowest BCUT2D eigenvalue weighted by Crippen LogP contribution is -2.35. The van der Waals surface area contributed by atoms with E-state index in [1.54, 1.807) is 0 Å². The molecule has 0 aromatic heterocycles. The summed E-state index contributed by atoms with van der Waals surface area (Å²) in [4.78, 5) is 44.1. The second-order valence-corrected chi connectivity index (χ2v) is 13.1. The number of hydrazone groups is 2. The van der Waals surface area contributed by atoms with E-state index in [1.165, 1.54) is 86.6 Å². The molecule has 0 saturated carbocycles. The minimum absolute atomic E-state index is 0.102. The lowest BCUT2D eigenvalue weighted by molar-refractivity contribution is -0.385. The molecule has 0 unspecified atom stereocenters. The molecule has 0 atom stereocenters. The maximum absolute atomic E-state index is 12.6. The summed E-state index contributed by atoms with van der Waals surface area (Å²) in [6.45, 7) is 2.93. The molecule has 4 aromatic rings. The molecule has 0 aliphatic carbocycles. The first kappa shape index (κ1) is 36.3. The van der Waals surface area contributed by atoms with Gasteiger partial charge < -0.3 is 8.37 Å². The number of nitrogens with zero attached hydrogens (tertiary/aromatic N) is 4. The summed E-state index contributed by atoms with van der Waals surface area (Å²) < 4.78 is 60.3. The van der Waals surface area contributed by atoms with Gasteiger partial charge in [-0.2, -0.15) is 27.0 Å². The molecule has 4 aromatic carbocycles. The third kappa shape index (κ3) is 9.29. The van der Waals surface area contributed by atoms with E-state index in [4.69, 9.17) is 8.37 Å². The Morgan fingerprint density at radius 3 is 1.28 bits per heavy atom. The van der Waals surface area contributed by atoms with Crippen LogP contribution in [0.2, 0.25) is 0 Å². The molecule has 0 radical (unpaired) electrons.